The Morgan fingerprint density at radius 3 is 3.18 bits per heavy atom. The van der Waals surface area contributed by atoms with Crippen LogP contribution in [0.25, 0.3) is 0 Å². The molecular weight excluding hydrogens is 212 g/mol. The van der Waals surface area contributed by atoms with Crippen molar-refractivity contribution in [3.8, 4) is 0 Å². The standard InChI is InChI=1S/C15H16O2/c1-9-5-11-8-16-12-4-2-3-10-7-17-13(6-9)15(11)14(10)12/h2,4-5,10,13H,3,6-8H2,1H3. The molecule has 0 aromatic heterocycles. The molecule has 2 unspecified atom stereocenters. The van der Waals surface area contributed by atoms with E-state index in [1.54, 1.807) is 0 Å². The van der Waals surface area contributed by atoms with Crippen molar-refractivity contribution in [3.05, 3.63) is 46.3 Å². The third-order valence-corrected chi connectivity index (χ3v) is 4.13. The molecule has 2 heterocycles. The van der Waals surface area contributed by atoms with Crippen molar-refractivity contribution in [1.29, 1.82) is 0 Å². The first kappa shape index (κ1) is 9.72. The van der Waals surface area contributed by atoms with Gasteiger partial charge in [0.25, 0.3) is 0 Å². The van der Waals surface area contributed by atoms with Gasteiger partial charge in [0.05, 0.1) is 12.7 Å². The Morgan fingerprint density at radius 1 is 1.29 bits per heavy atom. The molecule has 0 radical (unpaired) electrons. The van der Waals surface area contributed by atoms with Gasteiger partial charge in [-0.15, -0.1) is 0 Å². The van der Waals surface area contributed by atoms with E-state index in [4.69, 9.17) is 9.47 Å². The monoisotopic (exact) mass is 228 g/mol. The summed E-state index contributed by atoms with van der Waals surface area (Å²) in [5.41, 5.74) is 5.63. The van der Waals surface area contributed by atoms with E-state index in [0.29, 0.717) is 12.5 Å². The third kappa shape index (κ3) is 1.31. The molecule has 2 atom stereocenters. The first-order chi connectivity index (χ1) is 8.33. The molecular formula is C15H16O2. The Morgan fingerprint density at radius 2 is 2.24 bits per heavy atom. The van der Waals surface area contributed by atoms with Crippen molar-refractivity contribution in [1.82, 2.24) is 0 Å². The van der Waals surface area contributed by atoms with E-state index < -0.39 is 0 Å². The summed E-state index contributed by atoms with van der Waals surface area (Å²) in [4.78, 5) is 0. The molecule has 17 heavy (non-hydrogen) atoms. The van der Waals surface area contributed by atoms with E-state index in [1.165, 1.54) is 22.3 Å². The summed E-state index contributed by atoms with van der Waals surface area (Å²) in [5.74, 6) is 1.62. The SMILES string of the molecule is CC1=CC2=C3C4=C(C=CCC4COC3C1)OC2. The Labute approximate surface area is 101 Å². The summed E-state index contributed by atoms with van der Waals surface area (Å²) in [7, 11) is 0. The summed E-state index contributed by atoms with van der Waals surface area (Å²) in [6.07, 6.45) is 9.07. The van der Waals surface area contributed by atoms with Crippen LogP contribution >= 0.6 is 0 Å². The minimum absolute atomic E-state index is 0.284. The number of hydrogen-bond donors (Lipinski definition) is 0. The lowest BCUT2D eigenvalue weighted by atomic mass is 9.75. The highest BCUT2D eigenvalue weighted by atomic mass is 16.5. The summed E-state index contributed by atoms with van der Waals surface area (Å²) < 4.78 is 11.9. The lowest BCUT2D eigenvalue weighted by molar-refractivity contribution is 0.0323. The second-order valence-electron chi connectivity index (χ2n) is 5.36. The Hall–Kier alpha value is -1.28. The van der Waals surface area contributed by atoms with Crippen LogP contribution in [0.5, 0.6) is 0 Å². The average molecular weight is 228 g/mol. The number of rotatable bonds is 0. The maximum Gasteiger partial charge on any atom is 0.123 e. The Bertz CT molecular complexity index is 505. The van der Waals surface area contributed by atoms with Crippen LogP contribution < -0.4 is 0 Å². The fourth-order valence-electron chi connectivity index (χ4n) is 3.41. The lowest BCUT2D eigenvalue weighted by Gasteiger charge is -2.41. The number of ether oxygens (including phenoxy) is 2. The lowest BCUT2D eigenvalue weighted by Crippen LogP contribution is -2.37. The van der Waals surface area contributed by atoms with Gasteiger partial charge in [-0.25, -0.2) is 0 Å². The van der Waals surface area contributed by atoms with Crippen LogP contribution in [0.4, 0.5) is 0 Å². The average Bonchev–Trinajstić information content (AvgIpc) is 2.35. The van der Waals surface area contributed by atoms with Crippen molar-refractivity contribution >= 4 is 0 Å². The van der Waals surface area contributed by atoms with E-state index in [1.807, 2.05) is 0 Å². The fourth-order valence-corrected chi connectivity index (χ4v) is 3.41. The van der Waals surface area contributed by atoms with Gasteiger partial charge in [-0.3, -0.25) is 0 Å². The fraction of sp³-hybridized carbons (Fsp3) is 0.467. The predicted octanol–water partition coefficient (Wildman–Crippen LogP) is 2.89. The topological polar surface area (TPSA) is 18.5 Å². The van der Waals surface area contributed by atoms with E-state index >= 15 is 0 Å². The molecule has 0 spiro atoms. The molecule has 0 aromatic carbocycles. The highest BCUT2D eigenvalue weighted by Crippen LogP contribution is 2.45. The van der Waals surface area contributed by atoms with Gasteiger partial charge >= 0.3 is 0 Å². The molecule has 2 nitrogen and oxygen atoms in total. The van der Waals surface area contributed by atoms with Crippen molar-refractivity contribution in [2.75, 3.05) is 13.2 Å². The molecule has 4 rings (SSSR count). The molecule has 2 heteroatoms. The van der Waals surface area contributed by atoms with Gasteiger partial charge in [-0.2, -0.15) is 0 Å². The third-order valence-electron chi connectivity index (χ3n) is 4.13. The summed E-state index contributed by atoms with van der Waals surface area (Å²) >= 11 is 0. The van der Waals surface area contributed by atoms with Crippen molar-refractivity contribution < 1.29 is 9.47 Å². The minimum atomic E-state index is 0.284. The zero-order chi connectivity index (χ0) is 11.4. The maximum absolute atomic E-state index is 6.05. The van der Waals surface area contributed by atoms with Gasteiger partial charge in [0.1, 0.15) is 12.4 Å². The Balaban J connectivity index is 1.93. The van der Waals surface area contributed by atoms with Gasteiger partial charge in [0.15, 0.2) is 0 Å². The minimum Gasteiger partial charge on any atom is -0.489 e. The molecule has 0 saturated carbocycles. The van der Waals surface area contributed by atoms with Crippen LogP contribution in [0.2, 0.25) is 0 Å². The smallest absolute Gasteiger partial charge is 0.123 e. The molecule has 1 fully saturated rings. The van der Waals surface area contributed by atoms with Crippen molar-refractivity contribution in [2.45, 2.75) is 25.9 Å². The van der Waals surface area contributed by atoms with E-state index in [0.717, 1.165) is 25.2 Å². The molecule has 88 valence electrons. The molecule has 4 aliphatic rings. The first-order valence-electron chi connectivity index (χ1n) is 6.38. The number of hydrogen-bond acceptors (Lipinski definition) is 2. The Kier molecular flexibility index (Phi) is 1.92. The van der Waals surface area contributed by atoms with Crippen LogP contribution in [0.3, 0.4) is 0 Å². The second kappa shape index (κ2) is 3.36. The van der Waals surface area contributed by atoms with Crippen LogP contribution in [-0.4, -0.2) is 19.3 Å². The van der Waals surface area contributed by atoms with E-state index in [9.17, 15) is 0 Å². The summed E-state index contributed by atoms with van der Waals surface area (Å²) in [5, 5.41) is 0. The first-order valence-corrected chi connectivity index (χ1v) is 6.38. The molecule has 0 bridgehead atoms. The zero-order valence-electron chi connectivity index (χ0n) is 10.0. The van der Waals surface area contributed by atoms with Crippen LogP contribution in [0.1, 0.15) is 19.8 Å². The zero-order valence-corrected chi connectivity index (χ0v) is 10.0. The number of allylic oxidation sites excluding steroid dienone is 2. The molecule has 1 saturated heterocycles. The molecule has 2 aliphatic carbocycles. The predicted molar refractivity (Wildman–Crippen MR) is 65.4 cm³/mol. The van der Waals surface area contributed by atoms with Crippen molar-refractivity contribution in [3.63, 3.8) is 0 Å². The highest BCUT2D eigenvalue weighted by Gasteiger charge is 2.39. The van der Waals surface area contributed by atoms with Crippen LogP contribution in [-0.2, 0) is 9.47 Å². The highest BCUT2D eigenvalue weighted by molar-refractivity contribution is 5.55. The summed E-state index contributed by atoms with van der Waals surface area (Å²) in [6, 6.07) is 0. The van der Waals surface area contributed by atoms with Gasteiger partial charge in [-0.05, 0) is 37.0 Å². The van der Waals surface area contributed by atoms with Gasteiger partial charge in [0, 0.05) is 11.5 Å². The molecule has 2 aliphatic heterocycles. The van der Waals surface area contributed by atoms with Gasteiger partial charge in [-0.1, -0.05) is 17.7 Å². The van der Waals surface area contributed by atoms with E-state index in [2.05, 4.69) is 25.2 Å². The second-order valence-corrected chi connectivity index (χ2v) is 5.36. The molecule has 0 amide bonds. The normalized spacial score (nSPS) is 34.3. The maximum atomic E-state index is 6.05. The molecule has 0 N–H and O–H groups in total. The van der Waals surface area contributed by atoms with Crippen molar-refractivity contribution in [2.24, 2.45) is 5.92 Å². The summed E-state index contributed by atoms with van der Waals surface area (Å²) in [6.45, 7) is 3.74. The van der Waals surface area contributed by atoms with E-state index in [-0.39, 0.29) is 6.10 Å². The van der Waals surface area contributed by atoms with Crippen LogP contribution in [0, 0.1) is 5.92 Å². The quantitative estimate of drug-likeness (QED) is 0.634. The van der Waals surface area contributed by atoms with Crippen LogP contribution in [0.15, 0.2) is 46.3 Å². The molecule has 0 aromatic rings. The largest absolute Gasteiger partial charge is 0.489 e. The van der Waals surface area contributed by atoms with Gasteiger partial charge < -0.3 is 9.47 Å². The van der Waals surface area contributed by atoms with Gasteiger partial charge in [0.2, 0.25) is 0 Å².